The Morgan fingerprint density at radius 1 is 1.10 bits per heavy atom. The van der Waals surface area contributed by atoms with E-state index in [4.69, 9.17) is 4.98 Å². The van der Waals surface area contributed by atoms with Gasteiger partial charge < -0.3 is 4.90 Å². The predicted molar refractivity (Wildman–Crippen MR) is 119 cm³/mol. The molecule has 29 heavy (non-hydrogen) atoms. The fraction of sp³-hybridized carbons (Fsp3) is 0.333. The number of likely N-dealkylation sites (N-methyl/N-ethyl adjacent to an activating group) is 1. The number of carbonyl (C=O) groups excluding carboxylic acids is 1. The number of aryl methyl sites for hydroxylation is 2. The van der Waals surface area contributed by atoms with Crippen LogP contribution in [-0.2, 0) is 9.84 Å². The second kappa shape index (κ2) is 8.22. The fourth-order valence-electron chi connectivity index (χ4n) is 3.07. The summed E-state index contributed by atoms with van der Waals surface area (Å²) in [6.07, 6.45) is 1.14. The van der Waals surface area contributed by atoms with Gasteiger partial charge >= 0.3 is 0 Å². The predicted octanol–water partition coefficient (Wildman–Crippen LogP) is 3.53. The third kappa shape index (κ3) is 4.83. The number of sulfone groups is 1. The van der Waals surface area contributed by atoms with Crippen molar-refractivity contribution in [2.45, 2.75) is 18.7 Å². The molecule has 0 aliphatic rings. The summed E-state index contributed by atoms with van der Waals surface area (Å²) in [4.78, 5) is 21.8. The monoisotopic (exact) mass is 431 g/mol. The van der Waals surface area contributed by atoms with E-state index in [9.17, 15) is 13.2 Å². The maximum atomic E-state index is 13.3. The lowest BCUT2D eigenvalue weighted by molar-refractivity contribution is 0.0985. The molecule has 2 aromatic carbocycles. The molecule has 0 N–H and O–H groups in total. The Morgan fingerprint density at radius 2 is 1.83 bits per heavy atom. The average molecular weight is 432 g/mol. The van der Waals surface area contributed by atoms with E-state index in [1.807, 2.05) is 32.8 Å². The molecule has 0 spiro atoms. The SMILES string of the molecule is Cc1cc(C)c2nc(N(CCN(C)C)C(=O)c3cccc(S(C)(=O)=O)c3)sc2c1. The molecule has 1 heterocycles. The number of hydrogen-bond acceptors (Lipinski definition) is 6. The van der Waals surface area contributed by atoms with Gasteiger partial charge in [-0.1, -0.05) is 23.5 Å². The third-order valence-corrected chi connectivity index (χ3v) is 6.71. The van der Waals surface area contributed by atoms with Crippen molar-refractivity contribution in [2.75, 3.05) is 38.3 Å². The summed E-state index contributed by atoms with van der Waals surface area (Å²) >= 11 is 1.48. The molecule has 0 atom stereocenters. The number of anilines is 1. The van der Waals surface area contributed by atoms with Crippen molar-refractivity contribution in [1.82, 2.24) is 9.88 Å². The molecule has 3 aromatic rings. The van der Waals surface area contributed by atoms with Crippen molar-refractivity contribution in [3.63, 3.8) is 0 Å². The number of carbonyl (C=O) groups is 1. The first-order valence-corrected chi connectivity index (χ1v) is 11.9. The zero-order valence-electron chi connectivity index (χ0n) is 17.3. The first kappa shape index (κ1) is 21.4. The number of nitrogens with zero attached hydrogens (tertiary/aromatic N) is 3. The molecule has 6 nitrogen and oxygen atoms in total. The Bertz CT molecular complexity index is 1170. The van der Waals surface area contributed by atoms with Gasteiger partial charge in [-0.25, -0.2) is 13.4 Å². The lowest BCUT2D eigenvalue weighted by Crippen LogP contribution is -2.36. The molecule has 1 aromatic heterocycles. The highest BCUT2D eigenvalue weighted by atomic mass is 32.2. The summed E-state index contributed by atoms with van der Waals surface area (Å²) in [5, 5.41) is 0.616. The van der Waals surface area contributed by atoms with Gasteiger partial charge in [-0.3, -0.25) is 9.69 Å². The van der Waals surface area contributed by atoms with E-state index in [1.54, 1.807) is 17.0 Å². The average Bonchev–Trinajstić information content (AvgIpc) is 3.05. The zero-order chi connectivity index (χ0) is 21.3. The van der Waals surface area contributed by atoms with E-state index >= 15 is 0 Å². The van der Waals surface area contributed by atoms with Gasteiger partial charge in [0.25, 0.3) is 5.91 Å². The molecule has 154 valence electrons. The van der Waals surface area contributed by atoms with Crippen molar-refractivity contribution < 1.29 is 13.2 Å². The van der Waals surface area contributed by atoms with Gasteiger partial charge in [0.1, 0.15) is 0 Å². The van der Waals surface area contributed by atoms with E-state index in [0.29, 0.717) is 23.8 Å². The van der Waals surface area contributed by atoms with Crippen LogP contribution in [0.4, 0.5) is 5.13 Å². The lowest BCUT2D eigenvalue weighted by atomic mass is 10.1. The molecule has 0 unspecified atom stereocenters. The number of fused-ring (bicyclic) bond motifs is 1. The number of benzene rings is 2. The van der Waals surface area contributed by atoms with E-state index in [2.05, 4.69) is 12.1 Å². The maximum Gasteiger partial charge on any atom is 0.260 e. The van der Waals surface area contributed by atoms with Crippen LogP contribution in [0.5, 0.6) is 0 Å². The summed E-state index contributed by atoms with van der Waals surface area (Å²) < 4.78 is 24.8. The van der Waals surface area contributed by atoms with E-state index in [-0.39, 0.29) is 10.8 Å². The summed E-state index contributed by atoms with van der Waals surface area (Å²) in [7, 11) is 0.489. The summed E-state index contributed by atoms with van der Waals surface area (Å²) in [6.45, 7) is 5.16. The first-order valence-electron chi connectivity index (χ1n) is 9.21. The summed E-state index contributed by atoms with van der Waals surface area (Å²) in [5.74, 6) is -0.259. The Morgan fingerprint density at radius 3 is 2.48 bits per heavy atom. The second-order valence-electron chi connectivity index (χ2n) is 7.49. The molecule has 1 amide bonds. The lowest BCUT2D eigenvalue weighted by Gasteiger charge is -2.22. The van der Waals surface area contributed by atoms with E-state index in [1.165, 1.54) is 23.5 Å². The highest BCUT2D eigenvalue weighted by Crippen LogP contribution is 2.32. The van der Waals surface area contributed by atoms with Crippen LogP contribution in [0.2, 0.25) is 0 Å². The number of aromatic nitrogens is 1. The van der Waals surface area contributed by atoms with Crippen LogP contribution in [0.1, 0.15) is 21.5 Å². The largest absolute Gasteiger partial charge is 0.308 e. The zero-order valence-corrected chi connectivity index (χ0v) is 18.9. The summed E-state index contributed by atoms with van der Waals surface area (Å²) in [6, 6.07) is 10.3. The van der Waals surface area contributed by atoms with Crippen LogP contribution in [0.3, 0.4) is 0 Å². The van der Waals surface area contributed by atoms with Gasteiger partial charge in [-0.05, 0) is 63.3 Å². The van der Waals surface area contributed by atoms with Crippen molar-refractivity contribution >= 4 is 42.4 Å². The minimum absolute atomic E-state index is 0.131. The smallest absolute Gasteiger partial charge is 0.260 e. The van der Waals surface area contributed by atoms with Crippen LogP contribution in [0.25, 0.3) is 10.2 Å². The van der Waals surface area contributed by atoms with Crippen molar-refractivity contribution in [3.8, 4) is 0 Å². The van der Waals surface area contributed by atoms with Gasteiger partial charge in [0, 0.05) is 24.9 Å². The van der Waals surface area contributed by atoms with Crippen molar-refractivity contribution in [1.29, 1.82) is 0 Å². The van der Waals surface area contributed by atoms with Gasteiger partial charge in [0.05, 0.1) is 15.1 Å². The van der Waals surface area contributed by atoms with Crippen LogP contribution in [0, 0.1) is 13.8 Å². The molecule has 0 radical (unpaired) electrons. The Kier molecular flexibility index (Phi) is 6.07. The summed E-state index contributed by atoms with van der Waals surface area (Å²) in [5.41, 5.74) is 3.45. The van der Waals surface area contributed by atoms with Crippen LogP contribution in [-0.4, -0.2) is 57.6 Å². The van der Waals surface area contributed by atoms with Crippen LogP contribution >= 0.6 is 11.3 Å². The molecule has 0 saturated heterocycles. The molecule has 0 bridgehead atoms. The molecule has 8 heteroatoms. The number of hydrogen-bond donors (Lipinski definition) is 0. The van der Waals surface area contributed by atoms with Gasteiger partial charge in [-0.15, -0.1) is 0 Å². The van der Waals surface area contributed by atoms with Crippen LogP contribution < -0.4 is 4.90 Å². The topological polar surface area (TPSA) is 70.6 Å². The van der Waals surface area contributed by atoms with Crippen molar-refractivity contribution in [2.24, 2.45) is 0 Å². The fourth-order valence-corrected chi connectivity index (χ4v) is 4.91. The highest BCUT2D eigenvalue weighted by Gasteiger charge is 2.23. The Hall–Kier alpha value is -2.29. The molecule has 0 aliphatic carbocycles. The van der Waals surface area contributed by atoms with Gasteiger partial charge in [0.15, 0.2) is 15.0 Å². The number of rotatable bonds is 6. The van der Waals surface area contributed by atoms with E-state index in [0.717, 1.165) is 27.6 Å². The number of amides is 1. The normalized spacial score (nSPS) is 11.9. The molecular weight excluding hydrogens is 406 g/mol. The Labute approximate surface area is 175 Å². The van der Waals surface area contributed by atoms with E-state index < -0.39 is 9.84 Å². The van der Waals surface area contributed by atoms with Gasteiger partial charge in [-0.2, -0.15) is 0 Å². The molecule has 0 aliphatic heterocycles. The second-order valence-corrected chi connectivity index (χ2v) is 10.5. The maximum absolute atomic E-state index is 13.3. The quantitative estimate of drug-likeness (QED) is 0.597. The molecular formula is C21H25N3O3S2. The standard InChI is InChI=1S/C21H25N3O3S2/c1-14-11-15(2)19-18(12-14)28-21(22-19)24(10-9-23(3)4)20(25)16-7-6-8-17(13-16)29(5,26)27/h6-8,11-13H,9-10H2,1-5H3. The highest BCUT2D eigenvalue weighted by molar-refractivity contribution is 7.90. The number of thiazole rings is 1. The third-order valence-electron chi connectivity index (χ3n) is 4.57. The molecule has 0 fully saturated rings. The van der Waals surface area contributed by atoms with Gasteiger partial charge in [0.2, 0.25) is 0 Å². The minimum Gasteiger partial charge on any atom is -0.308 e. The Balaban J connectivity index is 2.06. The molecule has 3 rings (SSSR count). The molecule has 0 saturated carbocycles. The van der Waals surface area contributed by atoms with Crippen LogP contribution in [0.15, 0.2) is 41.3 Å². The van der Waals surface area contributed by atoms with Crippen molar-refractivity contribution in [3.05, 3.63) is 53.1 Å². The first-order chi connectivity index (χ1) is 13.6. The minimum atomic E-state index is -3.40.